The molecule has 0 aliphatic carbocycles. The van der Waals surface area contributed by atoms with Crippen molar-refractivity contribution in [2.75, 3.05) is 32.2 Å². The number of sulfonamides is 1. The molecule has 0 unspecified atom stereocenters. The van der Waals surface area contributed by atoms with E-state index in [-0.39, 0.29) is 10.6 Å². The van der Waals surface area contributed by atoms with Crippen molar-refractivity contribution in [2.45, 2.75) is 11.8 Å². The second kappa shape index (κ2) is 8.09. The van der Waals surface area contributed by atoms with Gasteiger partial charge in [0.25, 0.3) is 10.0 Å². The highest BCUT2D eigenvalue weighted by atomic mass is 32.2. The summed E-state index contributed by atoms with van der Waals surface area (Å²) < 4.78 is 42.4. The van der Waals surface area contributed by atoms with E-state index in [4.69, 9.17) is 9.47 Å². The summed E-state index contributed by atoms with van der Waals surface area (Å²) in [5.74, 6) is 0.166. The van der Waals surface area contributed by atoms with Crippen molar-refractivity contribution in [1.82, 2.24) is 0 Å². The number of carbonyl (C=O) groups excluding carboxylic acids is 1. The number of aryl methyl sites for hydroxylation is 1. The number of carbonyl (C=O) groups is 1. The van der Waals surface area contributed by atoms with Gasteiger partial charge in [-0.25, -0.2) is 8.42 Å². The van der Waals surface area contributed by atoms with E-state index in [0.717, 1.165) is 9.87 Å². The van der Waals surface area contributed by atoms with E-state index in [2.05, 4.69) is 4.74 Å². The number of anilines is 1. The van der Waals surface area contributed by atoms with Crippen molar-refractivity contribution in [1.29, 1.82) is 0 Å². The number of benzene rings is 2. The van der Waals surface area contributed by atoms with Crippen LogP contribution < -0.4 is 13.8 Å². The maximum atomic E-state index is 13.2. The van der Waals surface area contributed by atoms with E-state index >= 15 is 0 Å². The second-order valence-corrected chi connectivity index (χ2v) is 7.30. The zero-order chi connectivity index (χ0) is 19.3. The Morgan fingerprint density at radius 2 is 1.65 bits per heavy atom. The molecule has 0 saturated carbocycles. The van der Waals surface area contributed by atoms with E-state index < -0.39 is 22.5 Å². The topological polar surface area (TPSA) is 82.1 Å². The van der Waals surface area contributed by atoms with Crippen molar-refractivity contribution in [2.24, 2.45) is 0 Å². The molecule has 0 aliphatic rings. The van der Waals surface area contributed by atoms with Crippen LogP contribution in [0.25, 0.3) is 0 Å². The van der Waals surface area contributed by atoms with Gasteiger partial charge in [-0.15, -0.1) is 0 Å². The first kappa shape index (κ1) is 19.6. The monoisotopic (exact) mass is 379 g/mol. The standard InChI is InChI=1S/C18H21NO6S/c1-13-5-10-17(24-3)16(11-13)19(12-18(20)25-4)26(21,22)15-8-6-14(23-2)7-9-15/h5-11H,12H2,1-4H3. The van der Waals surface area contributed by atoms with Crippen LogP contribution in [0.2, 0.25) is 0 Å². The molecule has 0 radical (unpaired) electrons. The molecule has 0 N–H and O–H groups in total. The predicted octanol–water partition coefficient (Wildman–Crippen LogP) is 2.38. The molecule has 140 valence electrons. The number of nitrogens with zero attached hydrogens (tertiary/aromatic N) is 1. The lowest BCUT2D eigenvalue weighted by molar-refractivity contribution is -0.138. The molecule has 0 bridgehead atoms. The fourth-order valence-electron chi connectivity index (χ4n) is 2.35. The van der Waals surface area contributed by atoms with Gasteiger partial charge in [-0.05, 0) is 48.9 Å². The van der Waals surface area contributed by atoms with E-state index in [9.17, 15) is 13.2 Å². The molecule has 2 aromatic carbocycles. The van der Waals surface area contributed by atoms with E-state index in [1.165, 1.54) is 45.6 Å². The summed E-state index contributed by atoms with van der Waals surface area (Å²) in [5.41, 5.74) is 1.08. The molecule has 8 heteroatoms. The number of methoxy groups -OCH3 is 3. The van der Waals surface area contributed by atoms with Crippen molar-refractivity contribution >= 4 is 21.7 Å². The maximum Gasteiger partial charge on any atom is 0.326 e. The summed E-state index contributed by atoms with van der Waals surface area (Å²) in [5, 5.41) is 0. The minimum atomic E-state index is -4.04. The number of hydrogen-bond donors (Lipinski definition) is 0. The first-order chi connectivity index (χ1) is 12.3. The zero-order valence-electron chi connectivity index (χ0n) is 15.1. The van der Waals surface area contributed by atoms with Gasteiger partial charge >= 0.3 is 5.97 Å². The van der Waals surface area contributed by atoms with E-state index in [1.54, 1.807) is 18.2 Å². The summed E-state index contributed by atoms with van der Waals surface area (Å²) in [4.78, 5) is 11.9. The van der Waals surface area contributed by atoms with Crippen LogP contribution in [0.1, 0.15) is 5.56 Å². The van der Waals surface area contributed by atoms with Gasteiger partial charge in [0, 0.05) is 0 Å². The van der Waals surface area contributed by atoms with Gasteiger partial charge in [-0.1, -0.05) is 6.07 Å². The lowest BCUT2D eigenvalue weighted by atomic mass is 10.2. The molecular weight excluding hydrogens is 358 g/mol. The lowest BCUT2D eigenvalue weighted by Crippen LogP contribution is -2.36. The third-order valence-electron chi connectivity index (χ3n) is 3.75. The Hall–Kier alpha value is -2.74. The molecule has 2 aromatic rings. The quantitative estimate of drug-likeness (QED) is 0.687. The number of rotatable bonds is 7. The maximum absolute atomic E-state index is 13.2. The van der Waals surface area contributed by atoms with Gasteiger partial charge in [-0.3, -0.25) is 9.10 Å². The van der Waals surface area contributed by atoms with Gasteiger partial charge < -0.3 is 14.2 Å². The van der Waals surface area contributed by atoms with Crippen LogP contribution in [0, 0.1) is 6.92 Å². The average Bonchev–Trinajstić information content (AvgIpc) is 2.65. The molecule has 0 fully saturated rings. The fraction of sp³-hybridized carbons (Fsp3) is 0.278. The SMILES string of the molecule is COC(=O)CN(c1cc(C)ccc1OC)S(=O)(=O)c1ccc(OC)cc1. The highest BCUT2D eigenvalue weighted by molar-refractivity contribution is 7.92. The van der Waals surface area contributed by atoms with E-state index in [0.29, 0.717) is 11.5 Å². The van der Waals surface area contributed by atoms with Crippen molar-refractivity contribution < 1.29 is 27.4 Å². The molecule has 0 saturated heterocycles. The molecule has 7 nitrogen and oxygen atoms in total. The van der Waals surface area contributed by atoms with Gasteiger partial charge in [0.15, 0.2) is 0 Å². The second-order valence-electron chi connectivity index (χ2n) is 5.44. The molecular formula is C18H21NO6S. The summed E-state index contributed by atoms with van der Waals surface area (Å²) in [6.07, 6.45) is 0. The van der Waals surface area contributed by atoms with Crippen LogP contribution in [0.3, 0.4) is 0 Å². The van der Waals surface area contributed by atoms with Crippen molar-refractivity contribution in [3.63, 3.8) is 0 Å². The minimum absolute atomic E-state index is 0.0192. The predicted molar refractivity (Wildman–Crippen MR) is 97.3 cm³/mol. The normalized spacial score (nSPS) is 10.9. The summed E-state index contributed by atoms with van der Waals surface area (Å²) >= 11 is 0. The van der Waals surface area contributed by atoms with Crippen LogP contribution in [-0.4, -0.2) is 42.3 Å². The molecule has 2 rings (SSSR count). The van der Waals surface area contributed by atoms with Gasteiger partial charge in [-0.2, -0.15) is 0 Å². The van der Waals surface area contributed by atoms with E-state index in [1.807, 2.05) is 6.92 Å². The smallest absolute Gasteiger partial charge is 0.326 e. The Labute approximate surface area is 153 Å². The molecule has 0 amide bonds. The Balaban J connectivity index is 2.60. The molecule has 0 heterocycles. The Kier molecular flexibility index (Phi) is 6.10. The summed E-state index contributed by atoms with van der Waals surface area (Å²) in [6, 6.07) is 11.0. The Morgan fingerprint density at radius 3 is 2.19 bits per heavy atom. The number of hydrogen-bond acceptors (Lipinski definition) is 6. The molecule has 0 aromatic heterocycles. The first-order valence-corrected chi connectivity index (χ1v) is 9.15. The number of ether oxygens (including phenoxy) is 3. The van der Waals surface area contributed by atoms with Gasteiger partial charge in [0.1, 0.15) is 18.0 Å². The van der Waals surface area contributed by atoms with Crippen LogP contribution in [0.4, 0.5) is 5.69 Å². The Morgan fingerprint density at radius 1 is 1.00 bits per heavy atom. The van der Waals surface area contributed by atoms with Crippen LogP contribution >= 0.6 is 0 Å². The van der Waals surface area contributed by atoms with Crippen molar-refractivity contribution in [3.8, 4) is 11.5 Å². The first-order valence-electron chi connectivity index (χ1n) is 7.71. The molecule has 0 aliphatic heterocycles. The van der Waals surface area contributed by atoms with Crippen LogP contribution in [-0.2, 0) is 19.6 Å². The summed E-state index contributed by atoms with van der Waals surface area (Å²) in [6.45, 7) is 1.34. The highest BCUT2D eigenvalue weighted by Crippen LogP contribution is 2.33. The van der Waals surface area contributed by atoms with Gasteiger partial charge in [0.05, 0.1) is 31.9 Å². The average molecular weight is 379 g/mol. The summed E-state index contributed by atoms with van der Waals surface area (Å²) in [7, 11) is 0.0915. The third kappa shape index (κ3) is 4.08. The lowest BCUT2D eigenvalue weighted by Gasteiger charge is -2.25. The minimum Gasteiger partial charge on any atom is -0.497 e. The Bertz CT molecular complexity index is 877. The molecule has 0 spiro atoms. The molecule has 0 atom stereocenters. The molecule has 26 heavy (non-hydrogen) atoms. The fourth-order valence-corrected chi connectivity index (χ4v) is 3.76. The van der Waals surface area contributed by atoms with Gasteiger partial charge in [0.2, 0.25) is 0 Å². The van der Waals surface area contributed by atoms with Crippen LogP contribution in [0.5, 0.6) is 11.5 Å². The highest BCUT2D eigenvalue weighted by Gasteiger charge is 2.30. The largest absolute Gasteiger partial charge is 0.497 e. The third-order valence-corrected chi connectivity index (χ3v) is 5.52. The van der Waals surface area contributed by atoms with Crippen LogP contribution in [0.15, 0.2) is 47.4 Å². The zero-order valence-corrected chi connectivity index (χ0v) is 15.9. The number of esters is 1. The van der Waals surface area contributed by atoms with Crippen molar-refractivity contribution in [3.05, 3.63) is 48.0 Å².